The van der Waals surface area contributed by atoms with Crippen molar-refractivity contribution in [2.45, 2.75) is 39.3 Å². The highest BCUT2D eigenvalue weighted by Gasteiger charge is 2.23. The van der Waals surface area contributed by atoms with Crippen molar-refractivity contribution >= 4 is 22.8 Å². The van der Waals surface area contributed by atoms with Gasteiger partial charge in [-0.15, -0.1) is 0 Å². The molecule has 0 saturated carbocycles. The molecule has 0 aliphatic carbocycles. The van der Waals surface area contributed by atoms with Gasteiger partial charge < -0.3 is 14.8 Å². The van der Waals surface area contributed by atoms with Crippen LogP contribution in [0.5, 0.6) is 0 Å². The van der Waals surface area contributed by atoms with Crippen LogP contribution < -0.4 is 5.32 Å². The van der Waals surface area contributed by atoms with Crippen LogP contribution in [0.1, 0.15) is 38.6 Å². The summed E-state index contributed by atoms with van der Waals surface area (Å²) in [5.41, 5.74) is 1.76. The van der Waals surface area contributed by atoms with E-state index in [-0.39, 0.29) is 24.4 Å². The van der Waals surface area contributed by atoms with Crippen LogP contribution in [0.25, 0.3) is 11.0 Å². The molecule has 1 N–H and O–H groups in total. The molecule has 2 amide bonds. The van der Waals surface area contributed by atoms with Gasteiger partial charge >= 0.3 is 0 Å². The minimum absolute atomic E-state index is 0.109. The zero-order chi connectivity index (χ0) is 16.4. The topological polar surface area (TPSA) is 67.2 Å². The van der Waals surface area contributed by atoms with Gasteiger partial charge in [-0.3, -0.25) is 9.59 Å². The third-order valence-corrected chi connectivity index (χ3v) is 4.24. The van der Waals surface area contributed by atoms with E-state index in [0.717, 1.165) is 37.0 Å². The molecule has 1 aromatic heterocycles. The molecule has 1 aliphatic rings. The minimum Gasteiger partial charge on any atom is -0.347 e. The minimum atomic E-state index is -0.244. The number of nitrogens with zero attached hydrogens (tertiary/aromatic N) is 3. The van der Waals surface area contributed by atoms with Gasteiger partial charge in [0.15, 0.2) is 0 Å². The van der Waals surface area contributed by atoms with Gasteiger partial charge in [-0.1, -0.05) is 12.1 Å². The maximum Gasteiger partial charge on any atom is 0.242 e. The summed E-state index contributed by atoms with van der Waals surface area (Å²) in [5, 5.41) is 2.86. The Morgan fingerprint density at radius 1 is 1.26 bits per heavy atom. The molecular formula is C17H22N4O2. The van der Waals surface area contributed by atoms with Crippen molar-refractivity contribution in [2.24, 2.45) is 0 Å². The molecule has 1 saturated heterocycles. The summed E-state index contributed by atoms with van der Waals surface area (Å²) in [6.07, 6.45) is 2.15. The van der Waals surface area contributed by atoms with E-state index in [0.29, 0.717) is 5.82 Å². The average molecular weight is 314 g/mol. The standard InChI is InChI=1S/C17H22N4O2/c1-12(18-13(2)22)17-19-14-7-3-4-8-15(14)21(17)11-16(23)20-9-5-6-10-20/h3-4,7-8,12H,5-6,9-11H2,1-2H3,(H,18,22). The molecule has 1 aromatic carbocycles. The zero-order valence-corrected chi connectivity index (χ0v) is 13.6. The van der Waals surface area contributed by atoms with Gasteiger partial charge in [0.2, 0.25) is 11.8 Å². The van der Waals surface area contributed by atoms with E-state index in [4.69, 9.17) is 0 Å². The average Bonchev–Trinajstić information content (AvgIpc) is 3.15. The van der Waals surface area contributed by atoms with Crippen LogP contribution in [-0.4, -0.2) is 39.4 Å². The fraction of sp³-hybridized carbons (Fsp3) is 0.471. The first-order valence-electron chi connectivity index (χ1n) is 8.06. The molecule has 6 heteroatoms. The molecule has 3 rings (SSSR count). The first kappa shape index (κ1) is 15.5. The van der Waals surface area contributed by atoms with Crippen LogP contribution in [0.4, 0.5) is 0 Å². The van der Waals surface area contributed by atoms with E-state index in [1.165, 1.54) is 6.92 Å². The number of hydrogen-bond donors (Lipinski definition) is 1. The van der Waals surface area contributed by atoms with Crippen LogP contribution in [0.2, 0.25) is 0 Å². The Morgan fingerprint density at radius 3 is 2.65 bits per heavy atom. The number of carbonyl (C=O) groups excluding carboxylic acids is 2. The lowest BCUT2D eigenvalue weighted by molar-refractivity contribution is -0.130. The molecule has 23 heavy (non-hydrogen) atoms. The number of likely N-dealkylation sites (tertiary alicyclic amines) is 1. The van der Waals surface area contributed by atoms with Crippen LogP contribution in [0.15, 0.2) is 24.3 Å². The van der Waals surface area contributed by atoms with E-state index in [1.807, 2.05) is 40.7 Å². The second-order valence-electron chi connectivity index (χ2n) is 6.05. The van der Waals surface area contributed by atoms with Crippen LogP contribution in [0.3, 0.4) is 0 Å². The summed E-state index contributed by atoms with van der Waals surface area (Å²) in [6, 6.07) is 7.51. The molecular weight excluding hydrogens is 292 g/mol. The number of nitrogens with one attached hydrogen (secondary N) is 1. The van der Waals surface area contributed by atoms with Crippen molar-refractivity contribution in [3.8, 4) is 0 Å². The number of benzene rings is 1. The molecule has 0 spiro atoms. The fourth-order valence-electron chi connectivity index (χ4n) is 3.16. The number of carbonyl (C=O) groups is 2. The van der Waals surface area contributed by atoms with E-state index >= 15 is 0 Å². The highest BCUT2D eigenvalue weighted by molar-refractivity contribution is 5.81. The highest BCUT2D eigenvalue weighted by Crippen LogP contribution is 2.21. The number of aromatic nitrogens is 2. The predicted octanol–water partition coefficient (Wildman–Crippen LogP) is 1.86. The third-order valence-electron chi connectivity index (χ3n) is 4.24. The van der Waals surface area contributed by atoms with Crippen LogP contribution in [-0.2, 0) is 16.1 Å². The van der Waals surface area contributed by atoms with Gasteiger partial charge in [0.05, 0.1) is 17.1 Å². The quantitative estimate of drug-likeness (QED) is 0.936. The molecule has 2 heterocycles. The normalized spacial score (nSPS) is 15.8. The maximum atomic E-state index is 12.5. The SMILES string of the molecule is CC(=O)NC(C)c1nc2ccccc2n1CC(=O)N1CCCC1. The first-order chi connectivity index (χ1) is 11.1. The molecule has 0 radical (unpaired) electrons. The van der Waals surface area contributed by atoms with Gasteiger partial charge in [0, 0.05) is 20.0 Å². The van der Waals surface area contributed by atoms with Gasteiger partial charge in [0.25, 0.3) is 0 Å². The predicted molar refractivity (Wildman–Crippen MR) is 87.8 cm³/mol. The zero-order valence-electron chi connectivity index (χ0n) is 13.6. The maximum absolute atomic E-state index is 12.5. The van der Waals surface area contributed by atoms with Gasteiger partial charge in [-0.2, -0.15) is 0 Å². The molecule has 0 bridgehead atoms. The number of hydrogen-bond acceptors (Lipinski definition) is 3. The first-order valence-corrected chi connectivity index (χ1v) is 8.06. The number of imidazole rings is 1. The summed E-state index contributed by atoms with van der Waals surface area (Å²) < 4.78 is 1.93. The van der Waals surface area contributed by atoms with Crippen LogP contribution >= 0.6 is 0 Å². The summed E-state index contributed by atoms with van der Waals surface area (Å²) in [7, 11) is 0. The van der Waals surface area contributed by atoms with Crippen molar-refractivity contribution in [2.75, 3.05) is 13.1 Å². The molecule has 1 atom stereocenters. The lowest BCUT2D eigenvalue weighted by Crippen LogP contribution is -2.33. The Hall–Kier alpha value is -2.37. The Bertz CT molecular complexity index is 731. The summed E-state index contributed by atoms with van der Waals surface area (Å²) in [6.45, 7) is 5.31. The van der Waals surface area contributed by atoms with Gasteiger partial charge in [-0.05, 0) is 31.9 Å². The smallest absolute Gasteiger partial charge is 0.242 e. The van der Waals surface area contributed by atoms with Crippen molar-refractivity contribution in [3.63, 3.8) is 0 Å². The second-order valence-corrected chi connectivity index (χ2v) is 6.05. The van der Waals surface area contributed by atoms with E-state index in [1.54, 1.807) is 0 Å². The third kappa shape index (κ3) is 3.21. The van der Waals surface area contributed by atoms with E-state index in [9.17, 15) is 9.59 Å². The Kier molecular flexibility index (Phi) is 4.32. The molecule has 2 aromatic rings. The fourth-order valence-corrected chi connectivity index (χ4v) is 3.16. The lowest BCUT2D eigenvalue weighted by Gasteiger charge is -2.19. The van der Waals surface area contributed by atoms with Gasteiger partial charge in [-0.25, -0.2) is 4.98 Å². The largest absolute Gasteiger partial charge is 0.347 e. The van der Waals surface area contributed by atoms with E-state index < -0.39 is 0 Å². The molecule has 122 valence electrons. The number of para-hydroxylation sites is 2. The number of amides is 2. The molecule has 6 nitrogen and oxygen atoms in total. The van der Waals surface area contributed by atoms with Crippen molar-refractivity contribution in [1.29, 1.82) is 0 Å². The Balaban J connectivity index is 1.95. The molecule has 1 unspecified atom stereocenters. The molecule has 1 fully saturated rings. The number of fused-ring (bicyclic) bond motifs is 1. The van der Waals surface area contributed by atoms with Gasteiger partial charge in [0.1, 0.15) is 12.4 Å². The highest BCUT2D eigenvalue weighted by atomic mass is 16.2. The molecule has 1 aliphatic heterocycles. The van der Waals surface area contributed by atoms with Crippen molar-refractivity contribution in [1.82, 2.24) is 19.8 Å². The summed E-state index contributed by atoms with van der Waals surface area (Å²) in [4.78, 5) is 30.4. The van der Waals surface area contributed by atoms with E-state index in [2.05, 4.69) is 10.3 Å². The number of rotatable bonds is 4. The second kappa shape index (κ2) is 6.40. The van der Waals surface area contributed by atoms with Crippen molar-refractivity contribution < 1.29 is 9.59 Å². The monoisotopic (exact) mass is 314 g/mol. The Morgan fingerprint density at radius 2 is 1.96 bits per heavy atom. The van der Waals surface area contributed by atoms with Crippen LogP contribution in [0, 0.1) is 0 Å². The summed E-state index contributed by atoms with van der Waals surface area (Å²) >= 11 is 0. The summed E-state index contributed by atoms with van der Waals surface area (Å²) in [5.74, 6) is 0.720. The van der Waals surface area contributed by atoms with Crippen molar-refractivity contribution in [3.05, 3.63) is 30.1 Å². The Labute approximate surface area is 135 Å². The lowest BCUT2D eigenvalue weighted by atomic mass is 10.3.